The van der Waals surface area contributed by atoms with E-state index in [1.54, 1.807) is 13.0 Å². The Bertz CT molecular complexity index is 588. The monoisotopic (exact) mass is 323 g/mol. The molecule has 0 heterocycles. The lowest BCUT2D eigenvalue weighted by Gasteiger charge is -2.17. The molecule has 1 aromatic carbocycles. The van der Waals surface area contributed by atoms with Gasteiger partial charge in [-0.3, -0.25) is 20.4 Å². The smallest absolute Gasteiger partial charge is 0.407 e. The van der Waals surface area contributed by atoms with Gasteiger partial charge < -0.3 is 14.8 Å². The lowest BCUT2D eigenvalue weighted by atomic mass is 10.1. The Kier molecular flexibility index (Phi) is 6.85. The van der Waals surface area contributed by atoms with Crippen LogP contribution in [0.5, 0.6) is 5.75 Å². The molecule has 126 valence electrons. The Labute approximate surface area is 134 Å². The van der Waals surface area contributed by atoms with Crippen molar-refractivity contribution in [2.24, 2.45) is 0 Å². The summed E-state index contributed by atoms with van der Waals surface area (Å²) in [6.07, 6.45) is -1.54. The minimum atomic E-state index is -0.802. The molecular formula is C15H21N3O5. The van der Waals surface area contributed by atoms with Crippen LogP contribution in [0, 0.1) is 13.8 Å². The first-order chi connectivity index (χ1) is 10.8. The van der Waals surface area contributed by atoms with E-state index >= 15 is 0 Å². The molecule has 0 aliphatic carbocycles. The van der Waals surface area contributed by atoms with Crippen molar-refractivity contribution in [3.05, 3.63) is 29.3 Å². The van der Waals surface area contributed by atoms with E-state index in [1.807, 2.05) is 26.0 Å². The molecule has 1 aromatic rings. The SMILES string of the molecule is COC(=O)NCC(=O)NNC(=O)C(C)Oc1cccc(C)c1C. The lowest BCUT2D eigenvalue weighted by molar-refractivity contribution is -0.132. The summed E-state index contributed by atoms with van der Waals surface area (Å²) in [6.45, 7) is 5.09. The number of benzene rings is 1. The highest BCUT2D eigenvalue weighted by atomic mass is 16.5. The van der Waals surface area contributed by atoms with Gasteiger partial charge in [-0.05, 0) is 38.0 Å². The Balaban J connectivity index is 2.44. The van der Waals surface area contributed by atoms with Crippen LogP contribution in [0.4, 0.5) is 4.79 Å². The van der Waals surface area contributed by atoms with E-state index in [-0.39, 0.29) is 6.54 Å². The highest BCUT2D eigenvalue weighted by molar-refractivity contribution is 5.86. The maximum atomic E-state index is 11.9. The van der Waals surface area contributed by atoms with E-state index < -0.39 is 24.0 Å². The summed E-state index contributed by atoms with van der Waals surface area (Å²) >= 11 is 0. The zero-order valence-corrected chi connectivity index (χ0v) is 13.6. The zero-order valence-electron chi connectivity index (χ0n) is 13.6. The molecule has 8 nitrogen and oxygen atoms in total. The number of ether oxygens (including phenoxy) is 2. The van der Waals surface area contributed by atoms with Gasteiger partial charge in [0.1, 0.15) is 12.3 Å². The second-order valence-electron chi connectivity index (χ2n) is 4.84. The van der Waals surface area contributed by atoms with Crippen LogP contribution in [-0.2, 0) is 14.3 Å². The van der Waals surface area contributed by atoms with Gasteiger partial charge in [-0.25, -0.2) is 4.79 Å². The molecule has 8 heteroatoms. The van der Waals surface area contributed by atoms with Crippen LogP contribution in [-0.4, -0.2) is 37.7 Å². The fourth-order valence-corrected chi connectivity index (χ4v) is 1.60. The molecule has 0 aliphatic heterocycles. The fraction of sp³-hybridized carbons (Fsp3) is 0.400. The Morgan fingerprint density at radius 3 is 2.52 bits per heavy atom. The van der Waals surface area contributed by atoms with Gasteiger partial charge in [0.25, 0.3) is 11.8 Å². The van der Waals surface area contributed by atoms with Gasteiger partial charge >= 0.3 is 6.09 Å². The highest BCUT2D eigenvalue weighted by Crippen LogP contribution is 2.21. The van der Waals surface area contributed by atoms with E-state index in [1.165, 1.54) is 7.11 Å². The number of hydrogen-bond acceptors (Lipinski definition) is 5. The molecule has 0 saturated heterocycles. The van der Waals surface area contributed by atoms with Crippen molar-refractivity contribution in [1.29, 1.82) is 0 Å². The van der Waals surface area contributed by atoms with Gasteiger partial charge in [0.2, 0.25) is 0 Å². The zero-order chi connectivity index (χ0) is 17.4. The van der Waals surface area contributed by atoms with Crippen LogP contribution in [0.25, 0.3) is 0 Å². The van der Waals surface area contributed by atoms with Crippen molar-refractivity contribution in [1.82, 2.24) is 16.2 Å². The summed E-state index contributed by atoms with van der Waals surface area (Å²) in [5.74, 6) is -0.508. The molecule has 0 radical (unpaired) electrons. The van der Waals surface area contributed by atoms with Crippen molar-refractivity contribution in [2.45, 2.75) is 26.9 Å². The Morgan fingerprint density at radius 2 is 1.87 bits per heavy atom. The number of aryl methyl sites for hydroxylation is 1. The Morgan fingerprint density at radius 1 is 1.17 bits per heavy atom. The number of alkyl carbamates (subject to hydrolysis) is 1. The summed E-state index contributed by atoms with van der Waals surface area (Å²) in [5.41, 5.74) is 6.38. The van der Waals surface area contributed by atoms with Gasteiger partial charge in [0.05, 0.1) is 7.11 Å². The molecule has 0 fully saturated rings. The third-order valence-electron chi connectivity index (χ3n) is 3.13. The number of hydrogen-bond donors (Lipinski definition) is 3. The minimum Gasteiger partial charge on any atom is -0.481 e. The first-order valence-electron chi connectivity index (χ1n) is 6.98. The molecule has 1 rings (SSSR count). The summed E-state index contributed by atoms with van der Waals surface area (Å²) in [6, 6.07) is 5.55. The van der Waals surface area contributed by atoms with Gasteiger partial charge in [-0.15, -0.1) is 0 Å². The van der Waals surface area contributed by atoms with E-state index in [9.17, 15) is 14.4 Å². The second-order valence-corrected chi connectivity index (χ2v) is 4.84. The average Bonchev–Trinajstić information content (AvgIpc) is 2.54. The molecule has 0 spiro atoms. The number of methoxy groups -OCH3 is 1. The molecular weight excluding hydrogens is 302 g/mol. The number of rotatable bonds is 5. The average molecular weight is 323 g/mol. The molecule has 1 atom stereocenters. The van der Waals surface area contributed by atoms with Crippen molar-refractivity contribution in [3.8, 4) is 5.75 Å². The molecule has 23 heavy (non-hydrogen) atoms. The Hall–Kier alpha value is -2.77. The fourth-order valence-electron chi connectivity index (χ4n) is 1.60. The number of carbonyl (C=O) groups excluding carboxylic acids is 3. The summed E-state index contributed by atoms with van der Waals surface area (Å²) in [7, 11) is 1.18. The number of nitrogens with one attached hydrogen (secondary N) is 3. The van der Waals surface area contributed by atoms with E-state index in [4.69, 9.17) is 4.74 Å². The van der Waals surface area contributed by atoms with Gasteiger partial charge in [-0.1, -0.05) is 12.1 Å². The lowest BCUT2D eigenvalue weighted by Crippen LogP contribution is -2.50. The number of carbonyl (C=O) groups is 3. The van der Waals surface area contributed by atoms with Crippen LogP contribution in [0.2, 0.25) is 0 Å². The third-order valence-corrected chi connectivity index (χ3v) is 3.13. The first-order valence-corrected chi connectivity index (χ1v) is 6.98. The molecule has 1 unspecified atom stereocenters. The van der Waals surface area contributed by atoms with Crippen LogP contribution in [0.3, 0.4) is 0 Å². The van der Waals surface area contributed by atoms with Gasteiger partial charge in [0.15, 0.2) is 6.10 Å². The van der Waals surface area contributed by atoms with E-state index in [0.717, 1.165) is 11.1 Å². The van der Waals surface area contributed by atoms with Gasteiger partial charge in [-0.2, -0.15) is 0 Å². The predicted molar refractivity (Wildman–Crippen MR) is 82.7 cm³/mol. The number of amides is 3. The van der Waals surface area contributed by atoms with E-state index in [2.05, 4.69) is 20.9 Å². The second kappa shape index (κ2) is 8.62. The topological polar surface area (TPSA) is 106 Å². The predicted octanol–water partition coefficient (Wildman–Crippen LogP) is 0.574. The van der Waals surface area contributed by atoms with Crippen molar-refractivity contribution < 1.29 is 23.9 Å². The van der Waals surface area contributed by atoms with Crippen LogP contribution >= 0.6 is 0 Å². The van der Waals surface area contributed by atoms with E-state index in [0.29, 0.717) is 5.75 Å². The largest absolute Gasteiger partial charge is 0.481 e. The van der Waals surface area contributed by atoms with Crippen molar-refractivity contribution in [2.75, 3.05) is 13.7 Å². The minimum absolute atomic E-state index is 0.320. The van der Waals surface area contributed by atoms with Crippen LogP contribution in [0.15, 0.2) is 18.2 Å². The van der Waals surface area contributed by atoms with Crippen LogP contribution < -0.4 is 20.9 Å². The third kappa shape index (κ3) is 5.85. The first kappa shape index (κ1) is 18.3. The standard InChI is InChI=1S/C15H21N3O5/c1-9-6-5-7-12(10(9)2)23-11(3)14(20)18-17-13(19)8-16-15(21)22-4/h5-7,11H,8H2,1-4H3,(H,16,21)(H,17,19)(H,18,20). The summed E-state index contributed by atoms with van der Waals surface area (Å²) in [4.78, 5) is 34.1. The van der Waals surface area contributed by atoms with Crippen molar-refractivity contribution in [3.63, 3.8) is 0 Å². The molecule has 0 aliphatic rings. The normalized spacial score (nSPS) is 11.1. The molecule has 0 aromatic heterocycles. The summed E-state index contributed by atoms with van der Waals surface area (Å²) in [5, 5.41) is 2.18. The van der Waals surface area contributed by atoms with Crippen molar-refractivity contribution >= 4 is 17.9 Å². The maximum Gasteiger partial charge on any atom is 0.407 e. The molecule has 3 N–H and O–H groups in total. The molecule has 3 amide bonds. The van der Waals surface area contributed by atoms with Gasteiger partial charge in [0, 0.05) is 0 Å². The highest BCUT2D eigenvalue weighted by Gasteiger charge is 2.16. The molecule has 0 saturated carbocycles. The molecule has 0 bridgehead atoms. The summed E-state index contributed by atoms with van der Waals surface area (Å²) < 4.78 is 9.90. The van der Waals surface area contributed by atoms with Crippen LogP contribution in [0.1, 0.15) is 18.1 Å². The number of hydrazine groups is 1. The quantitative estimate of drug-likeness (QED) is 0.687. The maximum absolute atomic E-state index is 11.9.